The molecule has 2 aromatic rings. The highest BCUT2D eigenvalue weighted by Gasteiger charge is 2.16. The lowest BCUT2D eigenvalue weighted by atomic mass is 10.3. The summed E-state index contributed by atoms with van der Waals surface area (Å²) >= 11 is 3.25. The Morgan fingerprint density at radius 1 is 1.47 bits per heavy atom. The van der Waals surface area contributed by atoms with Gasteiger partial charge in [-0.3, -0.25) is 4.79 Å². The number of nitrogens with one attached hydrogen (secondary N) is 1. The van der Waals surface area contributed by atoms with Gasteiger partial charge in [0.15, 0.2) is 5.89 Å². The zero-order valence-corrected chi connectivity index (χ0v) is 10.9. The van der Waals surface area contributed by atoms with Crippen molar-refractivity contribution in [3.63, 3.8) is 0 Å². The van der Waals surface area contributed by atoms with E-state index < -0.39 is 0 Å². The van der Waals surface area contributed by atoms with E-state index in [9.17, 15) is 4.79 Å². The monoisotopic (exact) mass is 295 g/mol. The Morgan fingerprint density at radius 2 is 2.24 bits per heavy atom. The topological polar surface area (TPSA) is 68.0 Å². The van der Waals surface area contributed by atoms with Crippen molar-refractivity contribution in [2.24, 2.45) is 0 Å². The minimum absolute atomic E-state index is 0.221. The molecule has 0 fully saturated rings. The quantitative estimate of drug-likeness (QED) is 0.865. The zero-order chi connectivity index (χ0) is 12.4. The van der Waals surface area contributed by atoms with E-state index in [1.54, 1.807) is 32.2 Å². The van der Waals surface area contributed by atoms with E-state index in [4.69, 9.17) is 4.42 Å². The summed E-state index contributed by atoms with van der Waals surface area (Å²) in [5.41, 5.74) is 1.16. The Kier molecular flexibility index (Phi) is 3.23. The molecule has 0 aromatic carbocycles. The highest BCUT2D eigenvalue weighted by molar-refractivity contribution is 9.10. The highest BCUT2D eigenvalue weighted by atomic mass is 79.9. The molecule has 0 aliphatic carbocycles. The number of hydrogen-bond donors (Lipinski definition) is 1. The van der Waals surface area contributed by atoms with Crippen molar-refractivity contribution in [1.29, 1.82) is 0 Å². The molecule has 0 atom stereocenters. The van der Waals surface area contributed by atoms with Gasteiger partial charge < -0.3 is 9.73 Å². The van der Waals surface area contributed by atoms with E-state index in [0.717, 1.165) is 0 Å². The summed E-state index contributed by atoms with van der Waals surface area (Å²) < 4.78 is 5.80. The predicted molar refractivity (Wildman–Crippen MR) is 65.9 cm³/mol. The molecule has 0 aliphatic heterocycles. The van der Waals surface area contributed by atoms with Gasteiger partial charge in [0.25, 0.3) is 5.91 Å². The molecule has 2 aromatic heterocycles. The van der Waals surface area contributed by atoms with Gasteiger partial charge in [-0.15, -0.1) is 0 Å². The van der Waals surface area contributed by atoms with Crippen molar-refractivity contribution in [2.45, 2.75) is 13.8 Å². The summed E-state index contributed by atoms with van der Waals surface area (Å²) in [6.07, 6.45) is 1.63. The van der Waals surface area contributed by atoms with Crippen LogP contribution in [0.2, 0.25) is 0 Å². The Bertz CT molecular complexity index is 566. The molecule has 2 heterocycles. The third-order valence-corrected chi connectivity index (χ3v) is 2.75. The maximum Gasteiger partial charge on any atom is 0.293 e. The largest absolute Gasteiger partial charge is 0.436 e. The lowest BCUT2D eigenvalue weighted by molar-refractivity contribution is 0.0994. The number of amides is 1. The van der Waals surface area contributed by atoms with Crippen molar-refractivity contribution in [2.75, 3.05) is 5.32 Å². The van der Waals surface area contributed by atoms with Gasteiger partial charge in [-0.2, -0.15) is 0 Å². The molecule has 0 aliphatic rings. The van der Waals surface area contributed by atoms with Crippen molar-refractivity contribution in [1.82, 2.24) is 9.97 Å². The summed E-state index contributed by atoms with van der Waals surface area (Å²) in [5, 5.41) is 2.70. The third kappa shape index (κ3) is 2.52. The summed E-state index contributed by atoms with van der Waals surface area (Å²) in [4.78, 5) is 20.0. The molecule has 0 radical (unpaired) electrons. The number of aryl methyl sites for hydroxylation is 2. The minimum atomic E-state index is -0.336. The molecule has 0 unspecified atom stereocenters. The summed E-state index contributed by atoms with van der Waals surface area (Å²) in [7, 11) is 0. The van der Waals surface area contributed by atoms with Crippen LogP contribution >= 0.6 is 15.9 Å². The van der Waals surface area contributed by atoms with Gasteiger partial charge in [0, 0.05) is 13.1 Å². The van der Waals surface area contributed by atoms with Gasteiger partial charge in [-0.25, -0.2) is 9.97 Å². The molecule has 0 saturated carbocycles. The predicted octanol–water partition coefficient (Wildman–Crippen LogP) is 2.70. The SMILES string of the molecule is Cc1nc(C)c(C(=O)Nc2cccnc2Br)o1. The van der Waals surface area contributed by atoms with Crippen LogP contribution in [0.5, 0.6) is 0 Å². The second-order valence-electron chi connectivity index (χ2n) is 3.44. The van der Waals surface area contributed by atoms with Gasteiger partial charge >= 0.3 is 0 Å². The number of anilines is 1. The lowest BCUT2D eigenvalue weighted by Crippen LogP contribution is -2.12. The van der Waals surface area contributed by atoms with Gasteiger partial charge in [0.1, 0.15) is 4.60 Å². The molecule has 0 spiro atoms. The molecule has 1 N–H and O–H groups in total. The zero-order valence-electron chi connectivity index (χ0n) is 9.32. The van der Waals surface area contributed by atoms with Crippen molar-refractivity contribution in [3.05, 3.63) is 40.3 Å². The van der Waals surface area contributed by atoms with Crippen molar-refractivity contribution < 1.29 is 9.21 Å². The number of carbonyl (C=O) groups is 1. The molecular formula is C11H10BrN3O2. The number of nitrogens with zero attached hydrogens (tertiary/aromatic N) is 2. The first kappa shape index (κ1) is 11.8. The van der Waals surface area contributed by atoms with E-state index in [-0.39, 0.29) is 11.7 Å². The van der Waals surface area contributed by atoms with E-state index in [1.165, 1.54) is 0 Å². The van der Waals surface area contributed by atoms with E-state index in [0.29, 0.717) is 21.9 Å². The maximum absolute atomic E-state index is 11.9. The van der Waals surface area contributed by atoms with Crippen LogP contribution in [0.3, 0.4) is 0 Å². The van der Waals surface area contributed by atoms with Crippen LogP contribution in [0.15, 0.2) is 27.3 Å². The number of aromatic nitrogens is 2. The first-order chi connectivity index (χ1) is 8.08. The second kappa shape index (κ2) is 4.67. The normalized spacial score (nSPS) is 10.3. The fourth-order valence-corrected chi connectivity index (χ4v) is 1.75. The van der Waals surface area contributed by atoms with Crippen LogP contribution in [0.25, 0.3) is 0 Å². The molecule has 6 heteroatoms. The number of rotatable bonds is 2. The standard InChI is InChI=1S/C11H10BrN3O2/c1-6-9(17-7(2)14-6)11(16)15-8-4-3-5-13-10(8)12/h3-5H,1-2H3,(H,15,16). The molecule has 2 rings (SSSR count). The first-order valence-corrected chi connectivity index (χ1v) is 5.73. The van der Waals surface area contributed by atoms with Crippen LogP contribution < -0.4 is 5.32 Å². The van der Waals surface area contributed by atoms with Gasteiger partial charge in [0.05, 0.1) is 11.4 Å². The van der Waals surface area contributed by atoms with Crippen molar-refractivity contribution in [3.8, 4) is 0 Å². The molecule has 0 bridgehead atoms. The second-order valence-corrected chi connectivity index (χ2v) is 4.19. The number of hydrogen-bond acceptors (Lipinski definition) is 4. The molecule has 88 valence electrons. The Hall–Kier alpha value is -1.69. The van der Waals surface area contributed by atoms with Crippen LogP contribution in [0, 0.1) is 13.8 Å². The Morgan fingerprint density at radius 3 is 2.82 bits per heavy atom. The number of carbonyl (C=O) groups excluding carboxylic acids is 1. The molecule has 17 heavy (non-hydrogen) atoms. The summed E-state index contributed by atoms with van der Waals surface area (Å²) in [5.74, 6) is 0.355. The van der Waals surface area contributed by atoms with Crippen LogP contribution in [0.4, 0.5) is 5.69 Å². The third-order valence-electron chi connectivity index (χ3n) is 2.12. The number of pyridine rings is 1. The fourth-order valence-electron chi connectivity index (χ4n) is 1.40. The van der Waals surface area contributed by atoms with Gasteiger partial charge in [-0.1, -0.05) is 0 Å². The molecule has 5 nitrogen and oxygen atoms in total. The molecule has 0 saturated heterocycles. The van der Waals surface area contributed by atoms with E-state index in [2.05, 4.69) is 31.2 Å². The summed E-state index contributed by atoms with van der Waals surface area (Å²) in [6, 6.07) is 3.48. The highest BCUT2D eigenvalue weighted by Crippen LogP contribution is 2.20. The van der Waals surface area contributed by atoms with E-state index in [1.807, 2.05) is 0 Å². The average Bonchev–Trinajstić information content (AvgIpc) is 2.61. The van der Waals surface area contributed by atoms with Gasteiger partial charge in [0.2, 0.25) is 5.76 Å². The number of halogens is 1. The maximum atomic E-state index is 11.9. The minimum Gasteiger partial charge on any atom is -0.436 e. The first-order valence-electron chi connectivity index (χ1n) is 4.94. The average molecular weight is 296 g/mol. The van der Waals surface area contributed by atoms with Crippen LogP contribution in [0.1, 0.15) is 22.1 Å². The summed E-state index contributed by atoms with van der Waals surface area (Å²) in [6.45, 7) is 3.42. The van der Waals surface area contributed by atoms with E-state index >= 15 is 0 Å². The van der Waals surface area contributed by atoms with Crippen molar-refractivity contribution >= 4 is 27.5 Å². The van der Waals surface area contributed by atoms with Crippen LogP contribution in [-0.4, -0.2) is 15.9 Å². The Labute approximate surface area is 106 Å². The van der Waals surface area contributed by atoms with Crippen LogP contribution in [-0.2, 0) is 0 Å². The smallest absolute Gasteiger partial charge is 0.293 e. The molecule has 1 amide bonds. The number of oxazole rings is 1. The van der Waals surface area contributed by atoms with Gasteiger partial charge in [-0.05, 0) is 35.0 Å². The molecular weight excluding hydrogens is 286 g/mol. The fraction of sp³-hybridized carbons (Fsp3) is 0.182. The lowest BCUT2D eigenvalue weighted by Gasteiger charge is -2.04. The Balaban J connectivity index is 2.23.